The van der Waals surface area contributed by atoms with E-state index >= 15 is 0 Å². The number of carbonyl (C=O) groups excluding carboxylic acids is 1. The summed E-state index contributed by atoms with van der Waals surface area (Å²) in [5.74, 6) is -0.115. The number of rotatable bonds is 4. The van der Waals surface area contributed by atoms with Gasteiger partial charge in [0.25, 0.3) is 5.91 Å². The Kier molecular flexibility index (Phi) is 4.04. The van der Waals surface area contributed by atoms with E-state index in [-0.39, 0.29) is 5.91 Å². The number of aromatic nitrogens is 4. The van der Waals surface area contributed by atoms with E-state index in [1.807, 2.05) is 17.7 Å². The van der Waals surface area contributed by atoms with Crippen molar-refractivity contribution in [1.29, 1.82) is 0 Å². The van der Waals surface area contributed by atoms with Crippen LogP contribution in [0.4, 0.5) is 0 Å². The smallest absolute Gasteiger partial charge is 0.275 e. The van der Waals surface area contributed by atoms with E-state index in [9.17, 15) is 4.79 Å². The molecule has 0 fully saturated rings. The summed E-state index contributed by atoms with van der Waals surface area (Å²) in [6.45, 7) is 3.32. The van der Waals surface area contributed by atoms with E-state index in [0.29, 0.717) is 16.7 Å². The van der Waals surface area contributed by atoms with Crippen molar-refractivity contribution in [2.24, 2.45) is 7.05 Å². The molecule has 0 aromatic carbocycles. The minimum absolute atomic E-state index is 0.115. The van der Waals surface area contributed by atoms with E-state index in [1.165, 1.54) is 0 Å². The fourth-order valence-electron chi connectivity index (χ4n) is 1.88. The van der Waals surface area contributed by atoms with Crippen molar-refractivity contribution in [3.8, 4) is 0 Å². The highest BCUT2D eigenvalue weighted by Gasteiger charge is 2.19. The number of amides is 1. The highest BCUT2D eigenvalue weighted by molar-refractivity contribution is 9.10. The molecular weight excluding hydrogens is 310 g/mol. The maximum atomic E-state index is 12.3. The molecule has 0 saturated heterocycles. The van der Waals surface area contributed by atoms with Crippen LogP contribution in [-0.2, 0) is 20.1 Å². The number of halogens is 1. The lowest BCUT2D eigenvalue weighted by atomic mass is 10.3. The fourth-order valence-corrected chi connectivity index (χ4v) is 2.42. The van der Waals surface area contributed by atoms with Gasteiger partial charge in [0.1, 0.15) is 0 Å². The highest BCUT2D eigenvalue weighted by Crippen LogP contribution is 2.16. The van der Waals surface area contributed by atoms with Crippen LogP contribution in [0.5, 0.6) is 0 Å². The van der Waals surface area contributed by atoms with Crippen LogP contribution >= 0.6 is 15.9 Å². The third kappa shape index (κ3) is 2.86. The molecule has 0 aliphatic rings. The van der Waals surface area contributed by atoms with Gasteiger partial charge >= 0.3 is 0 Å². The molecule has 0 saturated carbocycles. The zero-order valence-corrected chi connectivity index (χ0v) is 12.8. The molecule has 0 spiro atoms. The van der Waals surface area contributed by atoms with Crippen molar-refractivity contribution in [2.75, 3.05) is 7.05 Å². The Balaban J connectivity index is 2.14. The van der Waals surface area contributed by atoms with E-state index in [1.54, 1.807) is 36.1 Å². The largest absolute Gasteiger partial charge is 0.334 e. The Morgan fingerprint density at radius 3 is 2.84 bits per heavy atom. The molecule has 2 aromatic heterocycles. The first-order valence-corrected chi connectivity index (χ1v) is 6.77. The van der Waals surface area contributed by atoms with Crippen LogP contribution in [0.2, 0.25) is 0 Å². The lowest BCUT2D eigenvalue weighted by molar-refractivity contribution is 0.0774. The van der Waals surface area contributed by atoms with E-state index in [2.05, 4.69) is 26.1 Å². The minimum Gasteiger partial charge on any atom is -0.334 e. The third-order valence-corrected chi connectivity index (χ3v) is 3.42. The summed E-state index contributed by atoms with van der Waals surface area (Å²) in [4.78, 5) is 13.9. The maximum absolute atomic E-state index is 12.3. The van der Waals surface area contributed by atoms with Crippen molar-refractivity contribution in [2.45, 2.75) is 20.0 Å². The van der Waals surface area contributed by atoms with E-state index in [4.69, 9.17) is 0 Å². The van der Waals surface area contributed by atoms with Gasteiger partial charge in [-0.05, 0) is 28.9 Å². The second-order valence-corrected chi connectivity index (χ2v) is 5.15. The van der Waals surface area contributed by atoms with E-state index < -0.39 is 0 Å². The predicted molar refractivity (Wildman–Crippen MR) is 74.6 cm³/mol. The number of nitrogens with zero attached hydrogens (tertiary/aromatic N) is 5. The molecule has 0 N–H and O–H groups in total. The molecule has 6 nitrogen and oxygen atoms in total. The van der Waals surface area contributed by atoms with Gasteiger partial charge in [0, 0.05) is 33.0 Å². The lowest BCUT2D eigenvalue weighted by Gasteiger charge is -2.16. The Morgan fingerprint density at radius 1 is 1.53 bits per heavy atom. The molecule has 0 aliphatic carbocycles. The van der Waals surface area contributed by atoms with Crippen LogP contribution in [-0.4, -0.2) is 37.4 Å². The summed E-state index contributed by atoms with van der Waals surface area (Å²) in [5.41, 5.74) is 1.43. The van der Waals surface area contributed by atoms with Gasteiger partial charge in [-0.1, -0.05) is 0 Å². The average Bonchev–Trinajstić information content (AvgIpc) is 2.94. The molecule has 102 valence electrons. The predicted octanol–water partition coefficient (Wildman–Crippen LogP) is 1.67. The quantitative estimate of drug-likeness (QED) is 0.859. The average molecular weight is 326 g/mol. The summed E-state index contributed by atoms with van der Waals surface area (Å²) in [7, 11) is 3.55. The Bertz CT molecular complexity index is 589. The molecule has 2 heterocycles. The van der Waals surface area contributed by atoms with Gasteiger partial charge in [-0.2, -0.15) is 10.2 Å². The van der Waals surface area contributed by atoms with Crippen molar-refractivity contribution in [1.82, 2.24) is 24.5 Å². The van der Waals surface area contributed by atoms with Crippen molar-refractivity contribution in [3.05, 3.63) is 34.3 Å². The second kappa shape index (κ2) is 5.56. The van der Waals surface area contributed by atoms with Gasteiger partial charge in [0.15, 0.2) is 5.69 Å². The zero-order chi connectivity index (χ0) is 14.0. The number of hydrogen-bond acceptors (Lipinski definition) is 3. The van der Waals surface area contributed by atoms with Gasteiger partial charge in [0.05, 0.1) is 16.7 Å². The van der Waals surface area contributed by atoms with Crippen LogP contribution in [0.15, 0.2) is 22.9 Å². The van der Waals surface area contributed by atoms with Crippen LogP contribution in [0.25, 0.3) is 0 Å². The summed E-state index contributed by atoms with van der Waals surface area (Å²) >= 11 is 3.34. The van der Waals surface area contributed by atoms with Gasteiger partial charge in [-0.25, -0.2) is 0 Å². The molecule has 19 heavy (non-hydrogen) atoms. The summed E-state index contributed by atoms with van der Waals surface area (Å²) in [5, 5.41) is 8.35. The molecule has 7 heteroatoms. The summed E-state index contributed by atoms with van der Waals surface area (Å²) in [6, 6.07) is 1.92. The second-order valence-electron chi connectivity index (χ2n) is 4.30. The fraction of sp³-hybridized carbons (Fsp3) is 0.417. The van der Waals surface area contributed by atoms with Crippen molar-refractivity contribution >= 4 is 21.8 Å². The Labute approximate surface area is 120 Å². The Morgan fingerprint density at radius 2 is 2.26 bits per heavy atom. The van der Waals surface area contributed by atoms with Crippen LogP contribution in [0, 0.1) is 0 Å². The van der Waals surface area contributed by atoms with Crippen molar-refractivity contribution < 1.29 is 4.79 Å². The highest BCUT2D eigenvalue weighted by atomic mass is 79.9. The molecule has 1 amide bonds. The topological polar surface area (TPSA) is 56.0 Å². The standard InChI is InChI=1S/C12H16BrN5O/c1-4-18-9(5-6-14-18)7-16(2)12(19)11-10(13)8-17(3)15-11/h5-6,8H,4,7H2,1-3H3. The summed E-state index contributed by atoms with van der Waals surface area (Å²) in [6.07, 6.45) is 3.51. The van der Waals surface area contributed by atoms with Gasteiger partial charge in [0.2, 0.25) is 0 Å². The third-order valence-electron chi connectivity index (χ3n) is 2.84. The maximum Gasteiger partial charge on any atom is 0.275 e. The van der Waals surface area contributed by atoms with E-state index in [0.717, 1.165) is 12.2 Å². The molecule has 0 radical (unpaired) electrons. The molecule has 0 bridgehead atoms. The Hall–Kier alpha value is -1.63. The van der Waals surface area contributed by atoms with Crippen LogP contribution in [0.1, 0.15) is 23.1 Å². The van der Waals surface area contributed by atoms with Crippen LogP contribution < -0.4 is 0 Å². The number of carbonyl (C=O) groups is 1. The van der Waals surface area contributed by atoms with Crippen molar-refractivity contribution in [3.63, 3.8) is 0 Å². The molecule has 0 atom stereocenters. The molecule has 0 aliphatic heterocycles. The van der Waals surface area contributed by atoms with Gasteiger partial charge in [-0.3, -0.25) is 14.2 Å². The first kappa shape index (κ1) is 13.8. The molecular formula is C12H16BrN5O. The molecule has 2 rings (SSSR count). The first-order valence-electron chi connectivity index (χ1n) is 5.98. The normalized spacial score (nSPS) is 10.7. The number of aryl methyl sites for hydroxylation is 2. The first-order chi connectivity index (χ1) is 9.02. The minimum atomic E-state index is -0.115. The van der Waals surface area contributed by atoms with Crippen LogP contribution in [0.3, 0.4) is 0 Å². The summed E-state index contributed by atoms with van der Waals surface area (Å²) < 4.78 is 4.19. The monoisotopic (exact) mass is 325 g/mol. The van der Waals surface area contributed by atoms with Gasteiger partial charge < -0.3 is 4.90 Å². The SMILES string of the molecule is CCn1nccc1CN(C)C(=O)c1nn(C)cc1Br. The lowest BCUT2D eigenvalue weighted by Crippen LogP contribution is -2.28. The molecule has 0 unspecified atom stereocenters. The zero-order valence-electron chi connectivity index (χ0n) is 11.2. The van der Waals surface area contributed by atoms with Gasteiger partial charge in [-0.15, -0.1) is 0 Å². The molecule has 2 aromatic rings. The number of hydrogen-bond donors (Lipinski definition) is 0.